The zero-order chi connectivity index (χ0) is 16.3. The van der Waals surface area contributed by atoms with Crippen molar-refractivity contribution in [2.75, 3.05) is 12.4 Å². The number of halogens is 2. The highest BCUT2D eigenvalue weighted by Gasteiger charge is 2.14. The number of methoxy groups -OCH3 is 1. The van der Waals surface area contributed by atoms with Gasteiger partial charge in [-0.25, -0.2) is 4.79 Å². The zero-order valence-corrected chi connectivity index (χ0v) is 14.9. The summed E-state index contributed by atoms with van der Waals surface area (Å²) >= 11 is 7.87. The molecule has 0 fully saturated rings. The molecule has 1 amide bonds. The van der Waals surface area contributed by atoms with Crippen LogP contribution in [-0.4, -0.2) is 19.0 Å². The van der Waals surface area contributed by atoms with Crippen molar-refractivity contribution in [2.45, 2.75) is 6.92 Å². The molecule has 6 heteroatoms. The molecular formula is C16H13ClINO3. The van der Waals surface area contributed by atoms with Gasteiger partial charge in [-0.2, -0.15) is 0 Å². The lowest BCUT2D eigenvalue weighted by molar-refractivity contribution is 0.0600. The molecule has 1 N–H and O–H groups in total. The number of anilines is 1. The smallest absolute Gasteiger partial charge is 0.338 e. The van der Waals surface area contributed by atoms with Crippen molar-refractivity contribution < 1.29 is 14.3 Å². The van der Waals surface area contributed by atoms with Crippen molar-refractivity contribution in [1.29, 1.82) is 0 Å². The number of rotatable bonds is 3. The third-order valence-electron chi connectivity index (χ3n) is 3.07. The standard InChI is InChI=1S/C16H13ClINO3/c1-9-7-14(13(18)8-12(9)16(21)22-2)19-15(20)10-3-5-11(17)6-4-10/h3-8H,1-2H3,(H,19,20). The molecule has 4 nitrogen and oxygen atoms in total. The van der Waals surface area contributed by atoms with E-state index >= 15 is 0 Å². The van der Waals surface area contributed by atoms with E-state index in [1.807, 2.05) is 0 Å². The van der Waals surface area contributed by atoms with Gasteiger partial charge < -0.3 is 10.1 Å². The summed E-state index contributed by atoms with van der Waals surface area (Å²) in [6.07, 6.45) is 0. The summed E-state index contributed by atoms with van der Waals surface area (Å²) in [5.41, 5.74) is 2.37. The van der Waals surface area contributed by atoms with E-state index in [1.165, 1.54) is 7.11 Å². The molecule has 114 valence electrons. The van der Waals surface area contributed by atoms with Crippen LogP contribution in [0.2, 0.25) is 5.02 Å². The molecule has 0 spiro atoms. The van der Waals surface area contributed by atoms with E-state index in [4.69, 9.17) is 16.3 Å². The first-order valence-electron chi connectivity index (χ1n) is 6.37. The molecule has 0 aliphatic heterocycles. The Labute approximate surface area is 146 Å². The van der Waals surface area contributed by atoms with E-state index < -0.39 is 5.97 Å². The first-order chi connectivity index (χ1) is 10.4. The Bertz CT molecular complexity index is 729. The quantitative estimate of drug-likeness (QED) is 0.585. The van der Waals surface area contributed by atoms with Gasteiger partial charge in [0.15, 0.2) is 0 Å². The summed E-state index contributed by atoms with van der Waals surface area (Å²) in [6.45, 7) is 1.79. The lowest BCUT2D eigenvalue weighted by Gasteiger charge is -2.11. The second-order valence-electron chi connectivity index (χ2n) is 4.60. The van der Waals surface area contributed by atoms with Gasteiger partial charge in [0, 0.05) is 14.2 Å². The fourth-order valence-electron chi connectivity index (χ4n) is 1.90. The second-order valence-corrected chi connectivity index (χ2v) is 6.20. The number of nitrogens with one attached hydrogen (secondary N) is 1. The summed E-state index contributed by atoms with van der Waals surface area (Å²) in [5.74, 6) is -0.634. The lowest BCUT2D eigenvalue weighted by atomic mass is 10.1. The topological polar surface area (TPSA) is 55.4 Å². The molecule has 0 saturated heterocycles. The molecule has 22 heavy (non-hydrogen) atoms. The molecule has 0 unspecified atom stereocenters. The molecular weight excluding hydrogens is 417 g/mol. The highest BCUT2D eigenvalue weighted by Crippen LogP contribution is 2.24. The number of ether oxygens (including phenoxy) is 1. The van der Waals surface area contributed by atoms with Gasteiger partial charge in [0.2, 0.25) is 0 Å². The number of amides is 1. The first-order valence-corrected chi connectivity index (χ1v) is 7.83. The van der Waals surface area contributed by atoms with Gasteiger partial charge in [-0.05, 0) is 71.5 Å². The number of carbonyl (C=O) groups excluding carboxylic acids is 2. The Hall–Kier alpha value is -1.60. The predicted octanol–water partition coefficient (Wildman–Crippen LogP) is 4.29. The van der Waals surface area contributed by atoms with E-state index in [9.17, 15) is 9.59 Å². The highest BCUT2D eigenvalue weighted by molar-refractivity contribution is 14.1. The number of hydrogen-bond acceptors (Lipinski definition) is 3. The Morgan fingerprint density at radius 3 is 2.41 bits per heavy atom. The minimum Gasteiger partial charge on any atom is -0.465 e. The molecule has 0 bridgehead atoms. The number of hydrogen-bond donors (Lipinski definition) is 1. The summed E-state index contributed by atoms with van der Waals surface area (Å²) in [5, 5.41) is 3.40. The van der Waals surface area contributed by atoms with Crippen LogP contribution in [0.25, 0.3) is 0 Å². The average molecular weight is 430 g/mol. The molecule has 0 aliphatic rings. The van der Waals surface area contributed by atoms with Crippen LogP contribution >= 0.6 is 34.2 Å². The Kier molecular flexibility index (Phi) is 5.42. The van der Waals surface area contributed by atoms with Crippen LogP contribution in [0.3, 0.4) is 0 Å². The number of benzene rings is 2. The van der Waals surface area contributed by atoms with Gasteiger partial charge in [-0.1, -0.05) is 11.6 Å². The molecule has 0 saturated carbocycles. The summed E-state index contributed by atoms with van der Waals surface area (Å²) in [6, 6.07) is 10.1. The molecule has 0 heterocycles. The van der Waals surface area contributed by atoms with Crippen LogP contribution < -0.4 is 5.32 Å². The van der Waals surface area contributed by atoms with E-state index in [0.717, 1.165) is 9.13 Å². The Morgan fingerprint density at radius 2 is 1.82 bits per heavy atom. The molecule has 2 rings (SSSR count). The van der Waals surface area contributed by atoms with Gasteiger partial charge in [0.25, 0.3) is 5.91 Å². The predicted molar refractivity (Wildman–Crippen MR) is 94.6 cm³/mol. The van der Waals surface area contributed by atoms with Crippen molar-refractivity contribution in [3.05, 3.63) is 61.7 Å². The number of aryl methyl sites for hydroxylation is 1. The van der Waals surface area contributed by atoms with E-state index in [-0.39, 0.29) is 5.91 Å². The number of esters is 1. The summed E-state index contributed by atoms with van der Waals surface area (Å²) in [4.78, 5) is 23.9. The van der Waals surface area contributed by atoms with Gasteiger partial charge in [-0.3, -0.25) is 4.79 Å². The van der Waals surface area contributed by atoms with Crippen molar-refractivity contribution in [3.63, 3.8) is 0 Å². The largest absolute Gasteiger partial charge is 0.465 e. The Morgan fingerprint density at radius 1 is 1.18 bits per heavy atom. The van der Waals surface area contributed by atoms with E-state index in [2.05, 4.69) is 27.9 Å². The summed E-state index contributed by atoms with van der Waals surface area (Å²) < 4.78 is 5.49. The summed E-state index contributed by atoms with van der Waals surface area (Å²) in [7, 11) is 1.34. The lowest BCUT2D eigenvalue weighted by Crippen LogP contribution is -2.14. The van der Waals surface area contributed by atoms with E-state index in [0.29, 0.717) is 21.8 Å². The van der Waals surface area contributed by atoms with Gasteiger partial charge >= 0.3 is 5.97 Å². The normalized spacial score (nSPS) is 10.2. The molecule has 0 aliphatic carbocycles. The fraction of sp³-hybridized carbons (Fsp3) is 0.125. The minimum absolute atomic E-state index is 0.236. The molecule has 2 aromatic carbocycles. The van der Waals surface area contributed by atoms with Gasteiger partial charge in [-0.15, -0.1) is 0 Å². The average Bonchev–Trinajstić information content (AvgIpc) is 2.50. The van der Waals surface area contributed by atoms with Gasteiger partial charge in [0.05, 0.1) is 18.4 Å². The van der Waals surface area contributed by atoms with Crippen LogP contribution in [0, 0.1) is 10.5 Å². The van der Waals surface area contributed by atoms with Crippen molar-refractivity contribution in [2.24, 2.45) is 0 Å². The molecule has 0 aromatic heterocycles. The first kappa shape index (κ1) is 16.8. The van der Waals surface area contributed by atoms with Crippen LogP contribution in [0.15, 0.2) is 36.4 Å². The van der Waals surface area contributed by atoms with Gasteiger partial charge in [0.1, 0.15) is 0 Å². The van der Waals surface area contributed by atoms with Crippen LogP contribution in [0.4, 0.5) is 5.69 Å². The molecule has 0 atom stereocenters. The van der Waals surface area contributed by atoms with Crippen molar-refractivity contribution >= 4 is 51.8 Å². The van der Waals surface area contributed by atoms with E-state index in [1.54, 1.807) is 43.3 Å². The van der Waals surface area contributed by atoms with Crippen molar-refractivity contribution in [3.8, 4) is 0 Å². The monoisotopic (exact) mass is 429 g/mol. The maximum absolute atomic E-state index is 12.2. The van der Waals surface area contributed by atoms with Crippen LogP contribution in [0.5, 0.6) is 0 Å². The minimum atomic E-state index is -0.397. The van der Waals surface area contributed by atoms with Crippen molar-refractivity contribution in [1.82, 2.24) is 0 Å². The maximum atomic E-state index is 12.2. The fourth-order valence-corrected chi connectivity index (χ4v) is 2.63. The highest BCUT2D eigenvalue weighted by atomic mass is 127. The maximum Gasteiger partial charge on any atom is 0.338 e. The zero-order valence-electron chi connectivity index (χ0n) is 11.9. The molecule has 0 radical (unpaired) electrons. The van der Waals surface area contributed by atoms with Crippen LogP contribution in [-0.2, 0) is 4.74 Å². The molecule has 2 aromatic rings. The van der Waals surface area contributed by atoms with Crippen LogP contribution in [0.1, 0.15) is 26.3 Å². The Balaban J connectivity index is 2.26. The third kappa shape index (κ3) is 3.78. The SMILES string of the molecule is COC(=O)c1cc(I)c(NC(=O)c2ccc(Cl)cc2)cc1C. The number of carbonyl (C=O) groups is 2. The third-order valence-corrected chi connectivity index (χ3v) is 4.22. The second kappa shape index (κ2) is 7.11.